The van der Waals surface area contributed by atoms with E-state index in [1.54, 1.807) is 72.8 Å². The molecule has 38 heavy (non-hydrogen) atoms. The van der Waals surface area contributed by atoms with Gasteiger partial charge in [-0.05, 0) is 42.5 Å². The quantitative estimate of drug-likeness (QED) is 0.268. The largest absolute Gasteiger partial charge is 0.415 e. The molecular weight excluding hydrogens is 490 g/mol. The molecule has 10 heteroatoms. The van der Waals surface area contributed by atoms with Crippen molar-refractivity contribution in [3.8, 4) is 46.1 Å². The number of para-hydroxylation sites is 2. The number of hydrogen-bond acceptors (Lipinski definition) is 8. The van der Waals surface area contributed by atoms with Gasteiger partial charge in [0.25, 0.3) is 11.8 Å². The Kier molecular flexibility index (Phi) is 4.96. The van der Waals surface area contributed by atoms with Crippen LogP contribution in [0, 0.1) is 11.6 Å². The molecule has 4 heterocycles. The maximum Gasteiger partial charge on any atom is 0.266 e. The SMILES string of the molecule is Fc1cccc2ccc(-c3nnc(-c4cccc(-c5nnc(-c6ccc7cccc(F)c7n6)o5)c4)o3)nc12. The molecule has 0 radical (unpaired) electrons. The van der Waals surface area contributed by atoms with E-state index in [4.69, 9.17) is 8.83 Å². The van der Waals surface area contributed by atoms with Crippen LogP contribution in [-0.2, 0) is 0 Å². The topological polar surface area (TPSA) is 104 Å². The molecule has 0 spiro atoms. The van der Waals surface area contributed by atoms with Crippen LogP contribution in [0.15, 0.2) is 93.8 Å². The van der Waals surface area contributed by atoms with Gasteiger partial charge in [-0.1, -0.05) is 42.5 Å². The minimum absolute atomic E-state index is 0.158. The first-order valence-electron chi connectivity index (χ1n) is 11.5. The average molecular weight is 504 g/mol. The zero-order valence-electron chi connectivity index (χ0n) is 19.3. The molecule has 0 saturated heterocycles. The highest BCUT2D eigenvalue weighted by Gasteiger charge is 2.17. The van der Waals surface area contributed by atoms with E-state index in [-0.39, 0.29) is 34.6 Å². The molecule has 7 rings (SSSR count). The van der Waals surface area contributed by atoms with Gasteiger partial charge in [0.2, 0.25) is 11.8 Å². The van der Waals surface area contributed by atoms with Crippen molar-refractivity contribution in [2.45, 2.75) is 0 Å². The zero-order chi connectivity index (χ0) is 25.6. The molecule has 0 atom stereocenters. The van der Waals surface area contributed by atoms with Crippen molar-refractivity contribution in [2.24, 2.45) is 0 Å². The molecule has 0 N–H and O–H groups in total. The van der Waals surface area contributed by atoms with Crippen LogP contribution in [0.4, 0.5) is 8.78 Å². The van der Waals surface area contributed by atoms with Crippen LogP contribution in [0.1, 0.15) is 0 Å². The predicted molar refractivity (Wildman–Crippen MR) is 134 cm³/mol. The highest BCUT2D eigenvalue weighted by Crippen LogP contribution is 2.30. The van der Waals surface area contributed by atoms with Gasteiger partial charge < -0.3 is 8.83 Å². The van der Waals surface area contributed by atoms with Gasteiger partial charge in [0.15, 0.2) is 0 Å². The predicted octanol–water partition coefficient (Wildman–Crippen LogP) is 6.50. The van der Waals surface area contributed by atoms with Crippen LogP contribution in [0.25, 0.3) is 67.9 Å². The Bertz CT molecular complexity index is 1850. The lowest BCUT2D eigenvalue weighted by molar-refractivity contribution is 0.580. The van der Waals surface area contributed by atoms with Crippen LogP contribution < -0.4 is 0 Å². The second-order valence-corrected chi connectivity index (χ2v) is 8.42. The standard InChI is InChI=1S/C28H14F2N6O2/c29-19-8-2-4-15-10-12-21(31-23(15)19)27-35-33-25(37-27)17-6-1-7-18(14-17)26-34-36-28(38-26)22-13-11-16-5-3-9-20(30)24(16)32-22/h1-14H. The summed E-state index contributed by atoms with van der Waals surface area (Å²) in [5, 5.41) is 17.8. The van der Waals surface area contributed by atoms with Crippen molar-refractivity contribution < 1.29 is 17.6 Å². The first-order valence-corrected chi connectivity index (χ1v) is 11.5. The Morgan fingerprint density at radius 2 is 0.921 bits per heavy atom. The summed E-state index contributed by atoms with van der Waals surface area (Å²) in [6.07, 6.45) is 0. The van der Waals surface area contributed by atoms with Crippen LogP contribution in [-0.4, -0.2) is 30.4 Å². The van der Waals surface area contributed by atoms with E-state index in [1.165, 1.54) is 12.1 Å². The number of hydrogen-bond donors (Lipinski definition) is 0. The Morgan fingerprint density at radius 1 is 0.474 bits per heavy atom. The number of halogens is 2. The summed E-state index contributed by atoms with van der Waals surface area (Å²) in [5.74, 6) is -0.0673. The molecule has 0 saturated carbocycles. The lowest BCUT2D eigenvalue weighted by Gasteiger charge is -2.01. The second-order valence-electron chi connectivity index (χ2n) is 8.42. The molecule has 182 valence electrons. The fourth-order valence-corrected chi connectivity index (χ4v) is 4.13. The van der Waals surface area contributed by atoms with Crippen LogP contribution in [0.5, 0.6) is 0 Å². The second kappa shape index (κ2) is 8.63. The summed E-state index contributed by atoms with van der Waals surface area (Å²) < 4.78 is 40.1. The molecule has 0 amide bonds. The minimum Gasteiger partial charge on any atom is -0.415 e. The lowest BCUT2D eigenvalue weighted by Crippen LogP contribution is -1.88. The van der Waals surface area contributed by atoms with Gasteiger partial charge >= 0.3 is 0 Å². The first kappa shape index (κ1) is 21.9. The average Bonchev–Trinajstić information content (AvgIpc) is 3.65. The molecular formula is C28H14F2N6O2. The molecule has 3 aromatic carbocycles. The third-order valence-corrected chi connectivity index (χ3v) is 5.99. The van der Waals surface area contributed by atoms with E-state index in [1.807, 2.05) is 0 Å². The van der Waals surface area contributed by atoms with Gasteiger partial charge in [-0.25, -0.2) is 18.7 Å². The fourth-order valence-electron chi connectivity index (χ4n) is 4.13. The number of aromatic nitrogens is 6. The molecule has 0 aliphatic rings. The van der Waals surface area contributed by atoms with E-state index in [0.29, 0.717) is 33.3 Å². The highest BCUT2D eigenvalue weighted by molar-refractivity contribution is 5.82. The van der Waals surface area contributed by atoms with Crippen molar-refractivity contribution in [3.05, 3.63) is 96.6 Å². The zero-order valence-corrected chi connectivity index (χ0v) is 19.3. The summed E-state index contributed by atoms with van der Waals surface area (Å²) in [5.41, 5.74) is 2.39. The lowest BCUT2D eigenvalue weighted by atomic mass is 10.1. The number of rotatable bonds is 4. The third-order valence-electron chi connectivity index (χ3n) is 5.99. The maximum atomic E-state index is 14.2. The summed E-state index contributed by atoms with van der Waals surface area (Å²) in [4.78, 5) is 8.68. The Morgan fingerprint density at radius 3 is 1.42 bits per heavy atom. The monoisotopic (exact) mass is 504 g/mol. The van der Waals surface area contributed by atoms with Crippen molar-refractivity contribution in [2.75, 3.05) is 0 Å². The van der Waals surface area contributed by atoms with Crippen molar-refractivity contribution in [1.29, 1.82) is 0 Å². The maximum absolute atomic E-state index is 14.2. The van der Waals surface area contributed by atoms with E-state index in [9.17, 15) is 8.78 Å². The van der Waals surface area contributed by atoms with Crippen LogP contribution >= 0.6 is 0 Å². The molecule has 0 fully saturated rings. The first-order chi connectivity index (χ1) is 18.6. The van der Waals surface area contributed by atoms with Crippen LogP contribution in [0.2, 0.25) is 0 Å². The van der Waals surface area contributed by atoms with E-state index < -0.39 is 11.6 Å². The summed E-state index contributed by atoms with van der Waals surface area (Å²) in [7, 11) is 0. The third kappa shape index (κ3) is 3.75. The number of fused-ring (bicyclic) bond motifs is 2. The van der Waals surface area contributed by atoms with Gasteiger partial charge in [0.05, 0.1) is 0 Å². The molecule has 0 aliphatic carbocycles. The molecule has 8 nitrogen and oxygen atoms in total. The normalized spacial score (nSPS) is 11.4. The molecule has 4 aromatic heterocycles. The van der Waals surface area contributed by atoms with Crippen molar-refractivity contribution in [3.63, 3.8) is 0 Å². The van der Waals surface area contributed by atoms with Crippen molar-refractivity contribution >= 4 is 21.8 Å². The Hall–Kier alpha value is -5.38. The fraction of sp³-hybridized carbons (Fsp3) is 0. The smallest absolute Gasteiger partial charge is 0.266 e. The van der Waals surface area contributed by atoms with Gasteiger partial charge in [0.1, 0.15) is 34.1 Å². The molecule has 0 bridgehead atoms. The number of nitrogens with zero attached hydrogens (tertiary/aromatic N) is 6. The van der Waals surface area contributed by atoms with Gasteiger partial charge in [0, 0.05) is 21.9 Å². The van der Waals surface area contributed by atoms with Gasteiger partial charge in [-0.15, -0.1) is 20.4 Å². The number of pyridine rings is 2. The molecule has 0 unspecified atom stereocenters. The van der Waals surface area contributed by atoms with E-state index in [2.05, 4.69) is 30.4 Å². The van der Waals surface area contributed by atoms with Crippen molar-refractivity contribution in [1.82, 2.24) is 30.4 Å². The van der Waals surface area contributed by atoms with E-state index in [0.717, 1.165) is 0 Å². The van der Waals surface area contributed by atoms with Gasteiger partial charge in [-0.2, -0.15) is 0 Å². The molecule has 7 aromatic rings. The number of benzene rings is 3. The summed E-state index contributed by atoms with van der Waals surface area (Å²) in [6, 6.07) is 23.5. The van der Waals surface area contributed by atoms with Gasteiger partial charge in [-0.3, -0.25) is 0 Å². The van der Waals surface area contributed by atoms with Crippen LogP contribution in [0.3, 0.4) is 0 Å². The molecule has 0 aliphatic heterocycles. The summed E-state index contributed by atoms with van der Waals surface area (Å²) >= 11 is 0. The van der Waals surface area contributed by atoms with E-state index >= 15 is 0 Å². The Balaban J connectivity index is 1.20. The Labute approximate surface area is 212 Å². The highest BCUT2D eigenvalue weighted by atomic mass is 19.1. The minimum atomic E-state index is -0.431. The summed E-state index contributed by atoms with van der Waals surface area (Å²) in [6.45, 7) is 0.